The van der Waals surface area contributed by atoms with Crippen LogP contribution in [-0.2, 0) is 21.2 Å². The highest BCUT2D eigenvalue weighted by Gasteiger charge is 2.29. The summed E-state index contributed by atoms with van der Waals surface area (Å²) in [6.07, 6.45) is 0.467. The fourth-order valence-electron chi connectivity index (χ4n) is 4.25. The lowest BCUT2D eigenvalue weighted by Crippen LogP contribution is -2.36. The number of nitrogens with zero attached hydrogens (tertiary/aromatic N) is 1. The zero-order valence-corrected chi connectivity index (χ0v) is 22.6. The number of primary amides is 1. The molecule has 3 N–H and O–H groups in total. The number of rotatable bonds is 10. The van der Waals surface area contributed by atoms with E-state index in [1.54, 1.807) is 54.6 Å². The molecule has 0 aliphatic rings. The van der Waals surface area contributed by atoms with E-state index in [-0.39, 0.29) is 32.8 Å². The van der Waals surface area contributed by atoms with Crippen molar-refractivity contribution in [2.75, 3.05) is 10.8 Å². The van der Waals surface area contributed by atoms with Gasteiger partial charge in [0.15, 0.2) is 5.78 Å². The molecule has 4 aromatic carbocycles. The number of carboxylic acid groups (broad SMARTS) is 1. The Kier molecular flexibility index (Phi) is 8.25. The first-order valence-corrected chi connectivity index (χ1v) is 13.8. The Bertz CT molecular complexity index is 1700. The van der Waals surface area contributed by atoms with Crippen LogP contribution in [0.25, 0.3) is 10.8 Å². The maximum Gasteiger partial charge on any atom is 0.324 e. The molecule has 8 nitrogen and oxygen atoms in total. The van der Waals surface area contributed by atoms with Gasteiger partial charge in [-0.1, -0.05) is 65.7 Å². The Morgan fingerprint density at radius 1 is 0.846 bits per heavy atom. The Morgan fingerprint density at radius 2 is 1.49 bits per heavy atom. The van der Waals surface area contributed by atoms with Gasteiger partial charge < -0.3 is 10.8 Å². The molecule has 0 fully saturated rings. The van der Waals surface area contributed by atoms with Crippen LogP contribution in [0.5, 0.6) is 0 Å². The molecule has 200 valence electrons. The highest BCUT2D eigenvalue weighted by molar-refractivity contribution is 7.93. The number of hydrogen-bond donors (Lipinski definition) is 2. The van der Waals surface area contributed by atoms with Crippen LogP contribution in [0.1, 0.15) is 32.7 Å². The quantitative estimate of drug-likeness (QED) is 0.241. The molecule has 4 rings (SSSR count). The number of hydrogen-bond acceptors (Lipinski definition) is 5. The summed E-state index contributed by atoms with van der Waals surface area (Å²) in [6, 6.07) is 20.0. The van der Waals surface area contributed by atoms with Crippen molar-refractivity contribution in [3.63, 3.8) is 0 Å². The molecule has 0 saturated heterocycles. The second-order valence-electron chi connectivity index (χ2n) is 8.68. The van der Waals surface area contributed by atoms with Crippen molar-refractivity contribution >= 4 is 67.3 Å². The molecule has 11 heteroatoms. The van der Waals surface area contributed by atoms with Crippen molar-refractivity contribution in [3.05, 3.63) is 106 Å². The fourth-order valence-corrected chi connectivity index (χ4v) is 6.41. The molecular formula is C28H22Cl2N2O6S. The molecule has 0 heterocycles. The van der Waals surface area contributed by atoms with E-state index in [1.165, 1.54) is 24.3 Å². The van der Waals surface area contributed by atoms with Crippen LogP contribution in [0.2, 0.25) is 10.0 Å². The van der Waals surface area contributed by atoms with E-state index >= 15 is 0 Å². The number of carbonyl (C=O) groups is 3. The third-order valence-corrected chi connectivity index (χ3v) is 8.20. The van der Waals surface area contributed by atoms with Gasteiger partial charge in [-0.25, -0.2) is 8.42 Å². The second-order valence-corrected chi connectivity index (χ2v) is 11.4. The third kappa shape index (κ3) is 6.22. The van der Waals surface area contributed by atoms with E-state index in [9.17, 15) is 27.9 Å². The number of carboxylic acids is 1. The number of anilines is 1. The van der Waals surface area contributed by atoms with E-state index in [4.69, 9.17) is 28.9 Å². The fraction of sp³-hybridized carbons (Fsp3) is 0.107. The van der Waals surface area contributed by atoms with Gasteiger partial charge in [-0.3, -0.25) is 18.7 Å². The predicted molar refractivity (Wildman–Crippen MR) is 150 cm³/mol. The van der Waals surface area contributed by atoms with Crippen molar-refractivity contribution < 1.29 is 27.9 Å². The van der Waals surface area contributed by atoms with Gasteiger partial charge in [0.2, 0.25) is 5.91 Å². The summed E-state index contributed by atoms with van der Waals surface area (Å²) in [5, 5.41) is 10.5. The first-order chi connectivity index (χ1) is 18.5. The number of nitrogens with two attached hydrogens (primary N) is 1. The number of benzene rings is 4. The number of carbonyl (C=O) groups excluding carboxylic acids is 2. The number of aliphatic carboxylic acids is 1. The summed E-state index contributed by atoms with van der Waals surface area (Å²) in [5.74, 6) is -2.16. The highest BCUT2D eigenvalue weighted by Crippen LogP contribution is 2.34. The van der Waals surface area contributed by atoms with Crippen LogP contribution in [0.3, 0.4) is 0 Å². The Balaban J connectivity index is 1.74. The molecule has 1 amide bonds. The van der Waals surface area contributed by atoms with Gasteiger partial charge in [0.05, 0.1) is 10.6 Å². The summed E-state index contributed by atoms with van der Waals surface area (Å²) in [6.45, 7) is -0.875. The molecule has 4 aromatic rings. The van der Waals surface area contributed by atoms with Crippen molar-refractivity contribution in [1.29, 1.82) is 0 Å². The summed E-state index contributed by atoms with van der Waals surface area (Å²) < 4.78 is 28.0. The van der Waals surface area contributed by atoms with Gasteiger partial charge >= 0.3 is 5.97 Å². The van der Waals surface area contributed by atoms with Crippen LogP contribution in [-0.4, -0.2) is 37.7 Å². The number of Topliss-reactive ketones (excluding diaryl/α,β-unsaturated/α-hetero) is 1. The zero-order chi connectivity index (χ0) is 28.3. The SMILES string of the molecule is NC(=O)c1cccc(CCC(=O)c2cccc3c(N(CC(=O)O)S(=O)(=O)c4cc(Cl)cc(Cl)c4)cccc23)c1. The summed E-state index contributed by atoms with van der Waals surface area (Å²) >= 11 is 12.0. The average molecular weight is 585 g/mol. The molecule has 0 aliphatic carbocycles. The van der Waals surface area contributed by atoms with Gasteiger partial charge in [-0.2, -0.15) is 0 Å². The highest BCUT2D eigenvalue weighted by atomic mass is 35.5. The molecule has 0 saturated carbocycles. The molecular weight excluding hydrogens is 563 g/mol. The van der Waals surface area contributed by atoms with E-state index in [0.29, 0.717) is 28.3 Å². The normalized spacial score (nSPS) is 11.3. The van der Waals surface area contributed by atoms with Crippen LogP contribution in [0.4, 0.5) is 5.69 Å². The maximum absolute atomic E-state index is 13.6. The van der Waals surface area contributed by atoms with Crippen molar-refractivity contribution in [2.24, 2.45) is 5.73 Å². The van der Waals surface area contributed by atoms with Gasteiger partial charge in [-0.05, 0) is 53.8 Å². The molecule has 0 radical (unpaired) electrons. The minimum absolute atomic E-state index is 0.0727. The zero-order valence-electron chi connectivity index (χ0n) is 20.3. The summed E-state index contributed by atoms with van der Waals surface area (Å²) in [5.41, 5.74) is 6.87. The van der Waals surface area contributed by atoms with Crippen LogP contribution in [0.15, 0.2) is 83.8 Å². The van der Waals surface area contributed by atoms with E-state index < -0.39 is 28.4 Å². The van der Waals surface area contributed by atoms with Crippen molar-refractivity contribution in [2.45, 2.75) is 17.7 Å². The lowest BCUT2D eigenvalue weighted by molar-refractivity contribution is -0.135. The molecule has 0 unspecified atom stereocenters. The first-order valence-electron chi connectivity index (χ1n) is 11.6. The number of fused-ring (bicyclic) bond motifs is 1. The monoisotopic (exact) mass is 584 g/mol. The first kappa shape index (κ1) is 28.1. The molecule has 0 aliphatic heterocycles. The standard InChI is InChI=1S/C28H22Cl2N2O6S/c29-19-13-20(30)15-21(14-19)39(37,38)32(16-27(34)35)25-9-3-6-22-23(25)7-2-8-24(22)26(33)11-10-17-4-1-5-18(12-17)28(31)36/h1-9,12-15H,10-11,16H2,(H2,31,36)(H,34,35). The minimum Gasteiger partial charge on any atom is -0.480 e. The number of halogens is 2. The smallest absolute Gasteiger partial charge is 0.324 e. The summed E-state index contributed by atoms with van der Waals surface area (Å²) in [4.78, 5) is 36.2. The second kappa shape index (κ2) is 11.4. The van der Waals surface area contributed by atoms with Gasteiger partial charge in [-0.15, -0.1) is 0 Å². The minimum atomic E-state index is -4.42. The predicted octanol–water partition coefficient (Wildman–Crippen LogP) is 5.34. The number of sulfonamides is 1. The molecule has 39 heavy (non-hydrogen) atoms. The van der Waals surface area contributed by atoms with Crippen LogP contribution >= 0.6 is 23.2 Å². The average Bonchev–Trinajstić information content (AvgIpc) is 2.89. The number of aryl methyl sites for hydroxylation is 1. The molecule has 0 bridgehead atoms. The summed E-state index contributed by atoms with van der Waals surface area (Å²) in [7, 11) is -4.42. The van der Waals surface area contributed by atoms with Crippen molar-refractivity contribution in [3.8, 4) is 0 Å². The Hall–Kier alpha value is -3.92. The largest absolute Gasteiger partial charge is 0.480 e. The van der Waals surface area contributed by atoms with Gasteiger partial charge in [0.25, 0.3) is 10.0 Å². The van der Waals surface area contributed by atoms with Gasteiger partial charge in [0.1, 0.15) is 6.54 Å². The third-order valence-electron chi connectivity index (χ3n) is 6.02. The lowest BCUT2D eigenvalue weighted by atomic mass is 9.96. The van der Waals surface area contributed by atoms with Crippen LogP contribution < -0.4 is 10.0 Å². The van der Waals surface area contributed by atoms with Gasteiger partial charge in [0, 0.05) is 33.0 Å². The van der Waals surface area contributed by atoms with E-state index in [0.717, 1.165) is 9.87 Å². The maximum atomic E-state index is 13.6. The Morgan fingerprint density at radius 3 is 2.15 bits per heavy atom. The van der Waals surface area contributed by atoms with Crippen LogP contribution in [0, 0.1) is 0 Å². The van der Waals surface area contributed by atoms with Crippen molar-refractivity contribution in [1.82, 2.24) is 0 Å². The lowest BCUT2D eigenvalue weighted by Gasteiger charge is -2.25. The van der Waals surface area contributed by atoms with E-state index in [2.05, 4.69) is 0 Å². The Labute approximate surface area is 234 Å². The number of amides is 1. The topological polar surface area (TPSA) is 135 Å². The molecule has 0 aromatic heterocycles. The molecule has 0 spiro atoms. The van der Waals surface area contributed by atoms with E-state index in [1.807, 2.05) is 0 Å². The number of ketones is 1. The molecule has 0 atom stereocenters.